The molecule has 6 heteroatoms. The van der Waals surface area contributed by atoms with Crippen molar-refractivity contribution in [2.24, 2.45) is 7.05 Å². The monoisotopic (exact) mass is 292 g/mol. The summed E-state index contributed by atoms with van der Waals surface area (Å²) in [5, 5.41) is 9.07. The van der Waals surface area contributed by atoms with Gasteiger partial charge in [0.05, 0.1) is 12.2 Å². The molecule has 1 atom stereocenters. The fourth-order valence-electron chi connectivity index (χ4n) is 1.94. The molecule has 0 aliphatic rings. The standard InChI is InChI=1S/C14H20N4OS/c1-11(13-5-4-8-20-13)18(3)14(19)15-7-6-12-9-16-17(2)10-12/h4-5,8-11H,6-7H2,1-3H3,(H,15,19)/t11-/m1/s1. The number of nitrogens with one attached hydrogen (secondary N) is 1. The molecule has 0 radical (unpaired) electrons. The van der Waals surface area contributed by atoms with E-state index >= 15 is 0 Å². The summed E-state index contributed by atoms with van der Waals surface area (Å²) >= 11 is 1.67. The highest BCUT2D eigenvalue weighted by atomic mass is 32.1. The predicted molar refractivity (Wildman–Crippen MR) is 80.8 cm³/mol. The van der Waals surface area contributed by atoms with Crippen LogP contribution in [0.4, 0.5) is 4.79 Å². The highest BCUT2D eigenvalue weighted by molar-refractivity contribution is 7.10. The summed E-state index contributed by atoms with van der Waals surface area (Å²) < 4.78 is 1.77. The van der Waals surface area contributed by atoms with Gasteiger partial charge in [0.2, 0.25) is 0 Å². The third-order valence-corrected chi connectivity index (χ3v) is 4.35. The topological polar surface area (TPSA) is 50.2 Å². The molecule has 0 aliphatic heterocycles. The maximum Gasteiger partial charge on any atom is 0.317 e. The van der Waals surface area contributed by atoms with E-state index in [1.54, 1.807) is 20.9 Å². The second-order valence-electron chi connectivity index (χ2n) is 4.81. The maximum atomic E-state index is 12.1. The zero-order valence-electron chi connectivity index (χ0n) is 12.0. The van der Waals surface area contributed by atoms with Gasteiger partial charge in [-0.25, -0.2) is 4.79 Å². The molecule has 0 fully saturated rings. The lowest BCUT2D eigenvalue weighted by atomic mass is 10.2. The number of thiophene rings is 1. The molecule has 0 bridgehead atoms. The zero-order chi connectivity index (χ0) is 14.5. The lowest BCUT2D eigenvalue weighted by Gasteiger charge is -2.24. The normalized spacial score (nSPS) is 12.2. The van der Waals surface area contributed by atoms with E-state index in [0.717, 1.165) is 12.0 Å². The van der Waals surface area contributed by atoms with Crippen LogP contribution in [0.2, 0.25) is 0 Å². The predicted octanol–water partition coefficient (Wildman–Crippen LogP) is 2.43. The van der Waals surface area contributed by atoms with Crippen molar-refractivity contribution in [3.63, 3.8) is 0 Å². The Kier molecular flexibility index (Phi) is 4.79. The van der Waals surface area contributed by atoms with E-state index < -0.39 is 0 Å². The van der Waals surface area contributed by atoms with E-state index in [9.17, 15) is 4.79 Å². The van der Waals surface area contributed by atoms with E-state index in [-0.39, 0.29) is 12.1 Å². The van der Waals surface area contributed by atoms with Gasteiger partial charge in [-0.05, 0) is 30.4 Å². The fraction of sp³-hybridized carbons (Fsp3) is 0.429. The van der Waals surface area contributed by atoms with E-state index in [1.165, 1.54) is 4.88 Å². The van der Waals surface area contributed by atoms with Crippen LogP contribution in [0.3, 0.4) is 0 Å². The molecule has 0 saturated carbocycles. The molecule has 108 valence electrons. The lowest BCUT2D eigenvalue weighted by molar-refractivity contribution is 0.195. The van der Waals surface area contributed by atoms with Gasteiger partial charge < -0.3 is 10.2 Å². The molecule has 5 nitrogen and oxygen atoms in total. The van der Waals surface area contributed by atoms with Crippen molar-refractivity contribution in [1.82, 2.24) is 20.0 Å². The number of amides is 2. The van der Waals surface area contributed by atoms with E-state index in [2.05, 4.69) is 16.5 Å². The van der Waals surface area contributed by atoms with Crippen LogP contribution in [-0.4, -0.2) is 34.3 Å². The minimum atomic E-state index is -0.0465. The summed E-state index contributed by atoms with van der Waals surface area (Å²) in [5.74, 6) is 0. The van der Waals surface area contributed by atoms with Gasteiger partial charge in [-0.2, -0.15) is 5.10 Å². The van der Waals surface area contributed by atoms with Crippen LogP contribution < -0.4 is 5.32 Å². The highest BCUT2D eigenvalue weighted by Crippen LogP contribution is 2.23. The third kappa shape index (κ3) is 3.60. The molecule has 0 aromatic carbocycles. The van der Waals surface area contributed by atoms with E-state index in [1.807, 2.05) is 44.9 Å². The van der Waals surface area contributed by atoms with Crippen molar-refractivity contribution in [2.75, 3.05) is 13.6 Å². The Balaban J connectivity index is 1.79. The van der Waals surface area contributed by atoms with Crippen LogP contribution in [0.25, 0.3) is 0 Å². The number of nitrogens with zero attached hydrogens (tertiary/aromatic N) is 3. The second kappa shape index (κ2) is 6.56. The van der Waals surface area contributed by atoms with Gasteiger partial charge in [0.25, 0.3) is 0 Å². The third-order valence-electron chi connectivity index (χ3n) is 3.30. The SMILES string of the molecule is C[C@H](c1cccs1)N(C)C(=O)NCCc1cnn(C)c1. The molecule has 2 rings (SSSR count). The maximum absolute atomic E-state index is 12.1. The van der Waals surface area contributed by atoms with Gasteiger partial charge >= 0.3 is 6.03 Å². The first-order valence-corrected chi connectivity index (χ1v) is 7.47. The van der Waals surface area contributed by atoms with E-state index in [0.29, 0.717) is 6.54 Å². The van der Waals surface area contributed by atoms with Crippen molar-refractivity contribution in [3.05, 3.63) is 40.3 Å². The van der Waals surface area contributed by atoms with Crippen molar-refractivity contribution in [2.45, 2.75) is 19.4 Å². The molecule has 2 aromatic heterocycles. The molecule has 0 aliphatic carbocycles. The Morgan fingerprint density at radius 3 is 3.00 bits per heavy atom. The molecule has 20 heavy (non-hydrogen) atoms. The average molecular weight is 292 g/mol. The summed E-state index contributed by atoms with van der Waals surface area (Å²) in [6.07, 6.45) is 4.58. The smallest absolute Gasteiger partial charge is 0.317 e. The van der Waals surface area contributed by atoms with Gasteiger partial charge in [0.1, 0.15) is 0 Å². The first-order chi connectivity index (χ1) is 9.58. The molecular formula is C14H20N4OS. The quantitative estimate of drug-likeness (QED) is 0.920. The van der Waals surface area contributed by atoms with Crippen molar-refractivity contribution < 1.29 is 4.79 Å². The van der Waals surface area contributed by atoms with Crippen molar-refractivity contribution in [1.29, 1.82) is 0 Å². The number of carbonyl (C=O) groups is 1. The van der Waals surface area contributed by atoms with Crippen LogP contribution in [-0.2, 0) is 13.5 Å². The Morgan fingerprint density at radius 2 is 2.40 bits per heavy atom. The first kappa shape index (κ1) is 14.6. The van der Waals surface area contributed by atoms with Gasteiger partial charge in [0.15, 0.2) is 0 Å². The molecule has 0 spiro atoms. The molecular weight excluding hydrogens is 272 g/mol. The van der Waals surface area contributed by atoms with Crippen molar-refractivity contribution in [3.8, 4) is 0 Å². The Morgan fingerprint density at radius 1 is 1.60 bits per heavy atom. The summed E-state index contributed by atoms with van der Waals surface area (Å²) in [4.78, 5) is 15.0. The van der Waals surface area contributed by atoms with Crippen LogP contribution in [0, 0.1) is 0 Å². The minimum absolute atomic E-state index is 0.0465. The van der Waals surface area contributed by atoms with Gasteiger partial charge in [-0.3, -0.25) is 4.68 Å². The molecule has 0 saturated heterocycles. The highest BCUT2D eigenvalue weighted by Gasteiger charge is 2.17. The molecule has 2 heterocycles. The molecule has 2 amide bonds. The number of urea groups is 1. The van der Waals surface area contributed by atoms with Crippen LogP contribution in [0.1, 0.15) is 23.4 Å². The Bertz CT molecular complexity index is 549. The van der Waals surface area contributed by atoms with Crippen LogP contribution in [0.15, 0.2) is 29.9 Å². The number of hydrogen-bond acceptors (Lipinski definition) is 3. The first-order valence-electron chi connectivity index (χ1n) is 6.59. The van der Waals surface area contributed by atoms with Gasteiger partial charge in [-0.1, -0.05) is 6.07 Å². The number of hydrogen-bond donors (Lipinski definition) is 1. The zero-order valence-corrected chi connectivity index (χ0v) is 12.9. The van der Waals surface area contributed by atoms with Gasteiger partial charge in [0, 0.05) is 31.7 Å². The minimum Gasteiger partial charge on any atom is -0.338 e. The summed E-state index contributed by atoms with van der Waals surface area (Å²) in [7, 11) is 3.71. The Hall–Kier alpha value is -1.82. The molecule has 0 unspecified atom stereocenters. The number of aromatic nitrogens is 2. The van der Waals surface area contributed by atoms with E-state index in [4.69, 9.17) is 0 Å². The van der Waals surface area contributed by atoms with Gasteiger partial charge in [-0.15, -0.1) is 11.3 Å². The van der Waals surface area contributed by atoms with Crippen LogP contribution >= 0.6 is 11.3 Å². The largest absolute Gasteiger partial charge is 0.338 e. The summed E-state index contributed by atoms with van der Waals surface area (Å²) in [6.45, 7) is 2.65. The van der Waals surface area contributed by atoms with Crippen molar-refractivity contribution >= 4 is 17.4 Å². The number of aryl methyl sites for hydroxylation is 1. The molecule has 2 aromatic rings. The summed E-state index contributed by atoms with van der Waals surface area (Å²) in [5.41, 5.74) is 1.13. The number of carbonyl (C=O) groups excluding carboxylic acids is 1. The second-order valence-corrected chi connectivity index (χ2v) is 5.79. The number of rotatable bonds is 5. The summed E-state index contributed by atoms with van der Waals surface area (Å²) in [6, 6.07) is 4.10. The Labute approximate surface area is 123 Å². The average Bonchev–Trinajstić information content (AvgIpc) is 3.08. The lowest BCUT2D eigenvalue weighted by Crippen LogP contribution is -2.39. The molecule has 1 N–H and O–H groups in total. The van der Waals surface area contributed by atoms with Crippen LogP contribution in [0.5, 0.6) is 0 Å². The fourth-order valence-corrected chi connectivity index (χ4v) is 2.76.